The first-order chi connectivity index (χ1) is 9.93. The molecule has 0 saturated heterocycles. The Labute approximate surface area is 121 Å². The summed E-state index contributed by atoms with van der Waals surface area (Å²) in [4.78, 5) is 0. The molecule has 20 heavy (non-hydrogen) atoms. The summed E-state index contributed by atoms with van der Waals surface area (Å²) in [5, 5.41) is 8.14. The van der Waals surface area contributed by atoms with Crippen LogP contribution in [-0.4, -0.2) is 0 Å². The van der Waals surface area contributed by atoms with Gasteiger partial charge in [0.2, 0.25) is 0 Å². The highest BCUT2D eigenvalue weighted by Gasteiger charge is 2.05. The van der Waals surface area contributed by atoms with Gasteiger partial charge in [0, 0.05) is 0 Å². The quantitative estimate of drug-likeness (QED) is 0.312. The van der Waals surface area contributed by atoms with E-state index in [1.54, 1.807) is 0 Å². The van der Waals surface area contributed by atoms with Crippen molar-refractivity contribution in [2.75, 3.05) is 0 Å². The molecule has 0 fully saturated rings. The van der Waals surface area contributed by atoms with E-state index in [0.29, 0.717) is 0 Å². The Kier molecular flexibility index (Phi) is 4.57. The zero-order valence-electron chi connectivity index (χ0n) is 12.8. The molecular formula is C20H22. The van der Waals surface area contributed by atoms with Gasteiger partial charge < -0.3 is 0 Å². The van der Waals surface area contributed by atoms with E-state index in [9.17, 15) is 0 Å². The van der Waals surface area contributed by atoms with Crippen molar-refractivity contribution < 1.29 is 0 Å². The standard InChI is InChI=1S/C16H10.2C2H6/c1-3-11-7-9-13-5-2-6-14-10-8-12(4-1)15(11)16(13)14;2*1-2/h1-10H;2*1-2H3. The van der Waals surface area contributed by atoms with Crippen molar-refractivity contribution in [3.63, 3.8) is 0 Å². The Morgan fingerprint density at radius 3 is 0.900 bits per heavy atom. The molecule has 0 heterocycles. The Morgan fingerprint density at radius 2 is 0.650 bits per heavy atom. The lowest BCUT2D eigenvalue weighted by Crippen LogP contribution is -1.82. The number of rotatable bonds is 0. The fourth-order valence-corrected chi connectivity index (χ4v) is 2.67. The average Bonchev–Trinajstić information content (AvgIpc) is 2.57. The molecule has 0 heteroatoms. The van der Waals surface area contributed by atoms with Gasteiger partial charge >= 0.3 is 0 Å². The van der Waals surface area contributed by atoms with Gasteiger partial charge in [0.1, 0.15) is 0 Å². The van der Waals surface area contributed by atoms with Crippen molar-refractivity contribution in [3.8, 4) is 0 Å². The lowest BCUT2D eigenvalue weighted by Gasteiger charge is -2.09. The summed E-state index contributed by atoms with van der Waals surface area (Å²) in [5.74, 6) is 0. The molecular weight excluding hydrogens is 240 g/mol. The van der Waals surface area contributed by atoms with E-state index >= 15 is 0 Å². The third kappa shape index (κ3) is 2.22. The molecule has 0 N–H and O–H groups in total. The molecule has 0 aliphatic carbocycles. The summed E-state index contributed by atoms with van der Waals surface area (Å²) < 4.78 is 0. The molecule has 0 aromatic heterocycles. The molecule has 4 aromatic rings. The molecule has 0 unspecified atom stereocenters. The van der Waals surface area contributed by atoms with Gasteiger partial charge in [-0.15, -0.1) is 0 Å². The molecule has 0 aliphatic rings. The maximum absolute atomic E-state index is 2.21. The molecule has 0 nitrogen and oxygen atoms in total. The van der Waals surface area contributed by atoms with Crippen LogP contribution in [-0.2, 0) is 0 Å². The van der Waals surface area contributed by atoms with Crippen molar-refractivity contribution in [1.82, 2.24) is 0 Å². The van der Waals surface area contributed by atoms with E-state index in [-0.39, 0.29) is 0 Å². The fraction of sp³-hybridized carbons (Fsp3) is 0.200. The Hall–Kier alpha value is -2.08. The summed E-state index contributed by atoms with van der Waals surface area (Å²) in [7, 11) is 0. The van der Waals surface area contributed by atoms with Crippen LogP contribution in [0.25, 0.3) is 32.3 Å². The van der Waals surface area contributed by atoms with E-state index in [1.165, 1.54) is 32.3 Å². The monoisotopic (exact) mass is 262 g/mol. The van der Waals surface area contributed by atoms with E-state index < -0.39 is 0 Å². The van der Waals surface area contributed by atoms with Crippen molar-refractivity contribution in [2.24, 2.45) is 0 Å². The second-order valence-electron chi connectivity index (χ2n) is 4.29. The van der Waals surface area contributed by atoms with E-state index in [2.05, 4.69) is 60.7 Å². The first kappa shape index (κ1) is 14.3. The summed E-state index contributed by atoms with van der Waals surface area (Å²) >= 11 is 0. The summed E-state index contributed by atoms with van der Waals surface area (Å²) in [6.45, 7) is 8.00. The second-order valence-corrected chi connectivity index (χ2v) is 4.29. The molecule has 0 bridgehead atoms. The predicted octanol–water partition coefficient (Wildman–Crippen LogP) is 6.64. The highest BCUT2D eigenvalue weighted by atomic mass is 14.1. The van der Waals surface area contributed by atoms with Crippen LogP contribution in [0.3, 0.4) is 0 Å². The molecule has 0 radical (unpaired) electrons. The first-order valence-electron chi connectivity index (χ1n) is 7.56. The zero-order chi connectivity index (χ0) is 14.5. The van der Waals surface area contributed by atoms with Gasteiger partial charge in [0.15, 0.2) is 0 Å². The van der Waals surface area contributed by atoms with Gasteiger partial charge in [-0.05, 0) is 32.3 Å². The molecule has 0 spiro atoms. The smallest absolute Gasteiger partial charge is 0.00268 e. The normalized spacial score (nSPS) is 10.0. The van der Waals surface area contributed by atoms with Gasteiger partial charge in [-0.1, -0.05) is 88.4 Å². The predicted molar refractivity (Wildman–Crippen MR) is 92.8 cm³/mol. The summed E-state index contributed by atoms with van der Waals surface area (Å²) in [6.07, 6.45) is 0. The van der Waals surface area contributed by atoms with Crippen LogP contribution in [0.1, 0.15) is 27.7 Å². The van der Waals surface area contributed by atoms with Crippen LogP contribution >= 0.6 is 0 Å². The van der Waals surface area contributed by atoms with Crippen LogP contribution in [0, 0.1) is 0 Å². The number of hydrogen-bond acceptors (Lipinski definition) is 0. The maximum atomic E-state index is 2.21. The first-order valence-corrected chi connectivity index (χ1v) is 7.56. The van der Waals surface area contributed by atoms with Gasteiger partial charge in [0.25, 0.3) is 0 Å². The lowest BCUT2D eigenvalue weighted by atomic mass is 9.95. The summed E-state index contributed by atoms with van der Waals surface area (Å²) in [5.41, 5.74) is 0. The number of hydrogen-bond donors (Lipinski definition) is 0. The highest BCUT2D eigenvalue weighted by molar-refractivity contribution is 6.22. The molecule has 0 atom stereocenters. The topological polar surface area (TPSA) is 0 Å². The van der Waals surface area contributed by atoms with Gasteiger partial charge in [-0.25, -0.2) is 0 Å². The van der Waals surface area contributed by atoms with Crippen molar-refractivity contribution in [1.29, 1.82) is 0 Å². The van der Waals surface area contributed by atoms with Gasteiger partial charge in [-0.2, -0.15) is 0 Å². The third-order valence-corrected chi connectivity index (χ3v) is 3.39. The molecule has 4 rings (SSSR count). The van der Waals surface area contributed by atoms with Crippen LogP contribution in [0.15, 0.2) is 60.7 Å². The second kappa shape index (κ2) is 6.38. The number of benzene rings is 4. The molecule has 0 saturated carbocycles. The largest absolute Gasteiger partial charge is 0.0683 e. The average molecular weight is 262 g/mol. The fourth-order valence-electron chi connectivity index (χ4n) is 2.67. The van der Waals surface area contributed by atoms with Crippen molar-refractivity contribution >= 4 is 32.3 Å². The minimum Gasteiger partial charge on any atom is -0.0683 e. The maximum Gasteiger partial charge on any atom is -0.00268 e. The third-order valence-electron chi connectivity index (χ3n) is 3.39. The molecule has 102 valence electrons. The molecule has 4 aromatic carbocycles. The van der Waals surface area contributed by atoms with E-state index in [4.69, 9.17) is 0 Å². The Bertz CT molecular complexity index is 667. The minimum absolute atomic E-state index is 1.34. The van der Waals surface area contributed by atoms with Gasteiger partial charge in [-0.3, -0.25) is 0 Å². The van der Waals surface area contributed by atoms with Crippen LogP contribution in [0.2, 0.25) is 0 Å². The van der Waals surface area contributed by atoms with Crippen LogP contribution in [0.5, 0.6) is 0 Å². The Balaban J connectivity index is 0.000000340. The minimum atomic E-state index is 1.34. The zero-order valence-corrected chi connectivity index (χ0v) is 12.8. The van der Waals surface area contributed by atoms with Crippen molar-refractivity contribution in [3.05, 3.63) is 60.7 Å². The summed E-state index contributed by atoms with van der Waals surface area (Å²) in [6, 6.07) is 21.9. The molecule has 0 aliphatic heterocycles. The SMILES string of the molecule is CC.CC.c1cc2ccc3cccc4ccc(c1)c2c34. The van der Waals surface area contributed by atoms with Crippen molar-refractivity contribution in [2.45, 2.75) is 27.7 Å². The lowest BCUT2D eigenvalue weighted by molar-refractivity contribution is 1.50. The van der Waals surface area contributed by atoms with E-state index in [1.807, 2.05) is 27.7 Å². The van der Waals surface area contributed by atoms with Gasteiger partial charge in [0.05, 0.1) is 0 Å². The van der Waals surface area contributed by atoms with Crippen LogP contribution < -0.4 is 0 Å². The van der Waals surface area contributed by atoms with Crippen LogP contribution in [0.4, 0.5) is 0 Å². The highest BCUT2D eigenvalue weighted by Crippen LogP contribution is 2.33. The Morgan fingerprint density at radius 1 is 0.400 bits per heavy atom. The van der Waals surface area contributed by atoms with E-state index in [0.717, 1.165) is 0 Å². The molecule has 0 amide bonds.